The zero-order chi connectivity index (χ0) is 22.7. The summed E-state index contributed by atoms with van der Waals surface area (Å²) in [6.07, 6.45) is 0.553. The summed E-state index contributed by atoms with van der Waals surface area (Å²) in [7, 11) is 0. The summed E-state index contributed by atoms with van der Waals surface area (Å²) < 4.78 is 8.63. The van der Waals surface area contributed by atoms with E-state index in [-0.39, 0.29) is 12.3 Å². The van der Waals surface area contributed by atoms with Gasteiger partial charge in [0.15, 0.2) is 0 Å². The Hall–Kier alpha value is -2.63. The normalized spacial score (nSPS) is 19.2. The van der Waals surface area contributed by atoms with Gasteiger partial charge in [0.2, 0.25) is 6.23 Å². The van der Waals surface area contributed by atoms with Gasteiger partial charge in [-0.15, -0.1) is 0 Å². The van der Waals surface area contributed by atoms with Crippen LogP contribution in [-0.2, 0) is 0 Å². The van der Waals surface area contributed by atoms with E-state index in [1.165, 1.54) is 21.9 Å². The molecule has 3 nitrogen and oxygen atoms in total. The molecule has 0 amide bonds. The van der Waals surface area contributed by atoms with Crippen molar-refractivity contribution in [3.63, 3.8) is 0 Å². The van der Waals surface area contributed by atoms with Crippen LogP contribution in [0.1, 0.15) is 46.5 Å². The summed E-state index contributed by atoms with van der Waals surface area (Å²) in [5.41, 5.74) is 7.01. The van der Waals surface area contributed by atoms with E-state index in [4.69, 9.17) is 9.84 Å². The highest BCUT2D eigenvalue weighted by Gasteiger charge is 2.42. The van der Waals surface area contributed by atoms with Crippen LogP contribution in [-0.4, -0.2) is 10.7 Å². The van der Waals surface area contributed by atoms with Crippen LogP contribution in [0.3, 0.4) is 0 Å². The maximum absolute atomic E-state index is 6.64. The molecule has 0 saturated carbocycles. The van der Waals surface area contributed by atoms with Crippen LogP contribution >= 0.6 is 31.9 Å². The Bertz CT molecular complexity index is 1450. The lowest BCUT2D eigenvalue weighted by atomic mass is 9.94. The zero-order valence-corrected chi connectivity index (χ0v) is 21.5. The average Bonchev–Trinajstić information content (AvgIpc) is 3.25. The van der Waals surface area contributed by atoms with Crippen LogP contribution in [0.25, 0.3) is 10.8 Å². The van der Waals surface area contributed by atoms with Crippen molar-refractivity contribution in [3.05, 3.63) is 110 Å². The lowest BCUT2D eigenvalue weighted by Crippen LogP contribution is -2.34. The molecule has 4 aromatic rings. The van der Waals surface area contributed by atoms with Crippen molar-refractivity contribution in [3.8, 4) is 5.75 Å². The minimum absolute atomic E-state index is 0.106. The molecular weight excluding hydrogens is 540 g/mol. The molecule has 5 heteroatoms. The van der Waals surface area contributed by atoms with E-state index in [0.29, 0.717) is 0 Å². The lowest BCUT2D eigenvalue weighted by Gasteiger charge is -2.39. The summed E-state index contributed by atoms with van der Waals surface area (Å²) in [6, 6.07) is 25.9. The van der Waals surface area contributed by atoms with Gasteiger partial charge in [-0.2, -0.15) is 5.10 Å². The number of halogens is 2. The fourth-order valence-corrected chi connectivity index (χ4v) is 6.32. The molecule has 2 atom stereocenters. The standard InChI is InChI=1S/C28H22Br2N2O/c1-16-7-10-22(17(2)11-16)28-32-26(23-13-21(29)14-24(30)27(23)33-28)15-25(31-32)20-9-8-18-5-3-4-6-19(18)12-20/h3-14,26,28H,15H2,1-2H3/t26-,28+/m1/s1. The minimum Gasteiger partial charge on any atom is -0.463 e. The molecule has 0 unspecified atom stereocenters. The van der Waals surface area contributed by atoms with Crippen molar-refractivity contribution >= 4 is 48.3 Å². The molecule has 2 aliphatic rings. The molecule has 6 rings (SSSR count). The fraction of sp³-hybridized carbons (Fsp3) is 0.179. The first-order valence-corrected chi connectivity index (χ1v) is 12.6. The second-order valence-corrected chi connectivity index (χ2v) is 10.6. The molecule has 2 heterocycles. The molecule has 0 spiro atoms. The molecule has 33 heavy (non-hydrogen) atoms. The number of nitrogens with zero attached hydrogens (tertiary/aromatic N) is 2. The van der Waals surface area contributed by atoms with Gasteiger partial charge >= 0.3 is 0 Å². The number of aryl methyl sites for hydroxylation is 2. The highest BCUT2D eigenvalue weighted by Crippen LogP contribution is 2.51. The van der Waals surface area contributed by atoms with E-state index in [9.17, 15) is 0 Å². The zero-order valence-electron chi connectivity index (χ0n) is 18.3. The van der Waals surface area contributed by atoms with Crippen molar-refractivity contribution in [2.75, 3.05) is 0 Å². The summed E-state index contributed by atoms with van der Waals surface area (Å²) in [5, 5.41) is 9.79. The second kappa shape index (κ2) is 8.00. The van der Waals surface area contributed by atoms with Crippen molar-refractivity contribution in [1.82, 2.24) is 5.01 Å². The maximum Gasteiger partial charge on any atom is 0.214 e. The van der Waals surface area contributed by atoms with Crippen LogP contribution in [0.4, 0.5) is 0 Å². The number of hydrogen-bond acceptors (Lipinski definition) is 3. The Morgan fingerprint density at radius 3 is 2.52 bits per heavy atom. The Kier molecular flexibility index (Phi) is 5.07. The first-order chi connectivity index (χ1) is 16.0. The van der Waals surface area contributed by atoms with E-state index in [2.05, 4.69) is 117 Å². The Balaban J connectivity index is 1.49. The fourth-order valence-electron chi connectivity index (χ4n) is 4.97. The predicted molar refractivity (Wildman–Crippen MR) is 141 cm³/mol. The highest BCUT2D eigenvalue weighted by atomic mass is 79.9. The molecule has 0 saturated heterocycles. The van der Waals surface area contributed by atoms with Crippen LogP contribution in [0.5, 0.6) is 5.75 Å². The second-order valence-electron chi connectivity index (χ2n) is 8.84. The molecule has 164 valence electrons. The first kappa shape index (κ1) is 20.9. The van der Waals surface area contributed by atoms with Gasteiger partial charge in [-0.05, 0) is 69.9 Å². The smallest absolute Gasteiger partial charge is 0.214 e. The third-order valence-electron chi connectivity index (χ3n) is 6.58. The molecule has 0 fully saturated rings. The van der Waals surface area contributed by atoms with Crippen molar-refractivity contribution in [2.24, 2.45) is 5.10 Å². The largest absolute Gasteiger partial charge is 0.463 e. The van der Waals surface area contributed by atoms with E-state index in [1.54, 1.807) is 0 Å². The Morgan fingerprint density at radius 1 is 0.879 bits per heavy atom. The summed E-state index contributed by atoms with van der Waals surface area (Å²) in [6.45, 7) is 4.27. The minimum atomic E-state index is -0.279. The Labute approximate surface area is 210 Å². The van der Waals surface area contributed by atoms with Crippen LogP contribution in [0, 0.1) is 13.8 Å². The van der Waals surface area contributed by atoms with Crippen molar-refractivity contribution < 1.29 is 4.74 Å². The molecule has 2 aliphatic heterocycles. The van der Waals surface area contributed by atoms with Gasteiger partial charge < -0.3 is 4.74 Å². The molecule has 0 N–H and O–H groups in total. The molecule has 0 bridgehead atoms. The first-order valence-electron chi connectivity index (χ1n) is 11.1. The topological polar surface area (TPSA) is 24.8 Å². The SMILES string of the molecule is Cc1ccc([C@@H]2Oc3c(Br)cc(Br)cc3[C@H]3CC(c4ccc5ccccc5c4)=NN32)c(C)c1. The number of fused-ring (bicyclic) bond motifs is 4. The van der Waals surface area contributed by atoms with Gasteiger partial charge in [0.05, 0.1) is 16.2 Å². The summed E-state index contributed by atoms with van der Waals surface area (Å²) >= 11 is 7.40. The average molecular weight is 562 g/mol. The van der Waals surface area contributed by atoms with Gasteiger partial charge in [-0.3, -0.25) is 0 Å². The Morgan fingerprint density at radius 2 is 1.70 bits per heavy atom. The van der Waals surface area contributed by atoms with Gasteiger partial charge in [0, 0.05) is 22.0 Å². The third kappa shape index (κ3) is 3.58. The van der Waals surface area contributed by atoms with Gasteiger partial charge in [0.25, 0.3) is 0 Å². The number of benzene rings is 4. The van der Waals surface area contributed by atoms with Crippen molar-refractivity contribution in [2.45, 2.75) is 32.5 Å². The van der Waals surface area contributed by atoms with Crippen LogP contribution < -0.4 is 4.74 Å². The maximum atomic E-state index is 6.64. The van der Waals surface area contributed by atoms with E-state index < -0.39 is 0 Å². The molecule has 0 radical (unpaired) electrons. The van der Waals surface area contributed by atoms with Crippen LogP contribution in [0.15, 0.2) is 86.8 Å². The van der Waals surface area contributed by atoms with Gasteiger partial charge in [-0.25, -0.2) is 5.01 Å². The molecular formula is C28H22Br2N2O. The van der Waals surface area contributed by atoms with Crippen LogP contribution in [0.2, 0.25) is 0 Å². The number of ether oxygens (including phenoxy) is 1. The summed E-state index contributed by atoms with van der Waals surface area (Å²) in [5.74, 6) is 0.902. The highest BCUT2D eigenvalue weighted by molar-refractivity contribution is 9.11. The number of hydrogen-bond donors (Lipinski definition) is 0. The molecule has 4 aromatic carbocycles. The molecule has 0 aromatic heterocycles. The molecule has 0 aliphatic carbocycles. The predicted octanol–water partition coefficient (Wildman–Crippen LogP) is 8.22. The monoisotopic (exact) mass is 560 g/mol. The third-order valence-corrected chi connectivity index (χ3v) is 7.63. The summed E-state index contributed by atoms with van der Waals surface area (Å²) in [4.78, 5) is 0. The number of rotatable bonds is 2. The van der Waals surface area contributed by atoms with E-state index in [1.807, 2.05) is 6.07 Å². The number of hydrazone groups is 1. The van der Waals surface area contributed by atoms with Crippen molar-refractivity contribution in [1.29, 1.82) is 0 Å². The quantitative estimate of drug-likeness (QED) is 0.246. The van der Waals surface area contributed by atoms with Gasteiger partial charge in [-0.1, -0.05) is 76.1 Å². The lowest BCUT2D eigenvalue weighted by molar-refractivity contribution is -0.0201. The van der Waals surface area contributed by atoms with E-state index >= 15 is 0 Å². The van der Waals surface area contributed by atoms with Gasteiger partial charge in [0.1, 0.15) is 5.75 Å². The van der Waals surface area contributed by atoms with E-state index in [0.717, 1.165) is 43.5 Å².